The van der Waals surface area contributed by atoms with Crippen molar-refractivity contribution in [3.8, 4) is 0 Å². The van der Waals surface area contributed by atoms with E-state index in [0.717, 1.165) is 47.8 Å². The molecule has 0 atom stereocenters. The van der Waals surface area contributed by atoms with E-state index >= 15 is 0 Å². The van der Waals surface area contributed by atoms with E-state index in [1.165, 1.54) is 11.3 Å². The fourth-order valence-corrected chi connectivity index (χ4v) is 3.44. The molecule has 6 heteroatoms. The van der Waals surface area contributed by atoms with Gasteiger partial charge in [-0.15, -0.1) is 5.10 Å². The number of hydrogen-bond donors (Lipinski definition) is 0. The average Bonchev–Trinajstić information content (AvgIpc) is 2.61. The lowest BCUT2D eigenvalue weighted by molar-refractivity contribution is 0.644. The van der Waals surface area contributed by atoms with Gasteiger partial charge < -0.3 is 9.80 Å². The summed E-state index contributed by atoms with van der Waals surface area (Å²) in [5, 5.41) is 11.4. The first-order chi connectivity index (χ1) is 11.7. The zero-order valence-electron chi connectivity index (χ0n) is 13.5. The second-order valence-corrected chi connectivity index (χ2v) is 6.47. The van der Waals surface area contributed by atoms with Crippen LogP contribution in [0.2, 0.25) is 5.02 Å². The molecular weight excluding hydrogens is 322 g/mol. The molecule has 1 saturated heterocycles. The highest BCUT2D eigenvalue weighted by Crippen LogP contribution is 2.28. The highest BCUT2D eigenvalue weighted by molar-refractivity contribution is 6.31. The number of nitrogens with zero attached hydrogens (tertiary/aromatic N) is 5. The van der Waals surface area contributed by atoms with Gasteiger partial charge in [-0.25, -0.2) is 0 Å². The number of aryl methyl sites for hydroxylation is 1. The third kappa shape index (κ3) is 2.76. The number of pyridine rings is 1. The fourth-order valence-electron chi connectivity index (χ4n) is 3.26. The molecule has 0 saturated carbocycles. The molecule has 0 spiro atoms. The summed E-state index contributed by atoms with van der Waals surface area (Å²) in [4.78, 5) is 8.88. The zero-order valence-corrected chi connectivity index (χ0v) is 14.2. The van der Waals surface area contributed by atoms with Crippen LogP contribution in [0.4, 0.5) is 11.5 Å². The first-order valence-corrected chi connectivity index (χ1v) is 8.41. The van der Waals surface area contributed by atoms with Crippen LogP contribution in [-0.4, -0.2) is 41.4 Å². The van der Waals surface area contributed by atoms with Crippen LogP contribution in [0, 0.1) is 6.92 Å². The molecule has 0 radical (unpaired) electrons. The summed E-state index contributed by atoms with van der Waals surface area (Å²) in [6, 6.07) is 7.96. The van der Waals surface area contributed by atoms with Crippen molar-refractivity contribution < 1.29 is 0 Å². The summed E-state index contributed by atoms with van der Waals surface area (Å²) in [7, 11) is 0. The number of rotatable bonds is 2. The molecule has 122 valence electrons. The van der Waals surface area contributed by atoms with Gasteiger partial charge in [0.15, 0.2) is 5.82 Å². The van der Waals surface area contributed by atoms with Gasteiger partial charge in [0, 0.05) is 60.1 Å². The van der Waals surface area contributed by atoms with Crippen LogP contribution in [0.5, 0.6) is 0 Å². The summed E-state index contributed by atoms with van der Waals surface area (Å²) in [6.07, 6.45) is 5.54. The van der Waals surface area contributed by atoms with Gasteiger partial charge in [0.25, 0.3) is 0 Å². The Hall–Kier alpha value is -2.40. The van der Waals surface area contributed by atoms with Crippen molar-refractivity contribution in [2.24, 2.45) is 0 Å². The Morgan fingerprint density at radius 2 is 1.79 bits per heavy atom. The van der Waals surface area contributed by atoms with Gasteiger partial charge in [-0.2, -0.15) is 5.10 Å². The number of benzene rings is 1. The standard InChI is InChI=1S/C18H18ClN5/c1-13-11-20-5-4-17(13)23-6-8-24(9-7-23)18-16-3-2-15(19)10-14(16)12-21-22-18/h2-5,10-12H,6-9H2,1H3. The number of hydrogen-bond acceptors (Lipinski definition) is 5. The van der Waals surface area contributed by atoms with E-state index in [2.05, 4.69) is 38.0 Å². The average molecular weight is 340 g/mol. The van der Waals surface area contributed by atoms with Gasteiger partial charge in [-0.1, -0.05) is 11.6 Å². The van der Waals surface area contributed by atoms with Crippen molar-refractivity contribution in [2.45, 2.75) is 6.92 Å². The molecule has 24 heavy (non-hydrogen) atoms. The molecule has 0 N–H and O–H groups in total. The predicted octanol–water partition coefficient (Wildman–Crippen LogP) is 3.31. The predicted molar refractivity (Wildman–Crippen MR) is 97.9 cm³/mol. The highest BCUT2D eigenvalue weighted by Gasteiger charge is 2.21. The molecule has 0 unspecified atom stereocenters. The van der Waals surface area contributed by atoms with Crippen molar-refractivity contribution in [1.29, 1.82) is 0 Å². The lowest BCUT2D eigenvalue weighted by atomic mass is 10.1. The Kier molecular flexibility index (Phi) is 3.94. The number of aromatic nitrogens is 3. The van der Waals surface area contributed by atoms with Gasteiger partial charge in [-0.3, -0.25) is 4.98 Å². The minimum atomic E-state index is 0.722. The maximum Gasteiger partial charge on any atom is 0.159 e. The molecule has 1 aliphatic rings. The van der Waals surface area contributed by atoms with E-state index in [1.54, 1.807) is 6.20 Å². The SMILES string of the molecule is Cc1cnccc1N1CCN(c2nncc3cc(Cl)ccc23)CC1. The summed E-state index contributed by atoms with van der Waals surface area (Å²) >= 11 is 6.08. The second-order valence-electron chi connectivity index (χ2n) is 6.04. The minimum Gasteiger partial charge on any atom is -0.368 e. The van der Waals surface area contributed by atoms with E-state index in [9.17, 15) is 0 Å². The largest absolute Gasteiger partial charge is 0.368 e. The van der Waals surface area contributed by atoms with Crippen LogP contribution in [-0.2, 0) is 0 Å². The molecule has 0 aliphatic carbocycles. The van der Waals surface area contributed by atoms with Crippen molar-refractivity contribution in [3.05, 3.63) is 53.4 Å². The Morgan fingerprint density at radius 3 is 2.58 bits per heavy atom. The second kappa shape index (κ2) is 6.24. The van der Waals surface area contributed by atoms with Gasteiger partial charge in [-0.05, 0) is 36.8 Å². The van der Waals surface area contributed by atoms with Crippen LogP contribution in [0.25, 0.3) is 10.8 Å². The summed E-state index contributed by atoms with van der Waals surface area (Å²) < 4.78 is 0. The van der Waals surface area contributed by atoms with E-state index in [-0.39, 0.29) is 0 Å². The highest BCUT2D eigenvalue weighted by atomic mass is 35.5. The first kappa shape index (κ1) is 15.1. The van der Waals surface area contributed by atoms with Crippen molar-refractivity contribution >= 4 is 33.9 Å². The van der Waals surface area contributed by atoms with Crippen LogP contribution >= 0.6 is 11.6 Å². The van der Waals surface area contributed by atoms with Crippen LogP contribution in [0.3, 0.4) is 0 Å². The van der Waals surface area contributed by atoms with Gasteiger partial charge >= 0.3 is 0 Å². The first-order valence-electron chi connectivity index (χ1n) is 8.04. The quantitative estimate of drug-likeness (QED) is 0.716. The number of anilines is 2. The van der Waals surface area contributed by atoms with E-state index in [1.807, 2.05) is 30.6 Å². The third-order valence-corrected chi connectivity index (χ3v) is 4.75. The van der Waals surface area contributed by atoms with E-state index in [0.29, 0.717) is 0 Å². The molecule has 1 fully saturated rings. The van der Waals surface area contributed by atoms with Gasteiger partial charge in [0.2, 0.25) is 0 Å². The molecule has 1 aromatic carbocycles. The Bertz CT molecular complexity index is 874. The van der Waals surface area contributed by atoms with E-state index < -0.39 is 0 Å². The van der Waals surface area contributed by atoms with Gasteiger partial charge in [0.05, 0.1) is 6.20 Å². The molecule has 0 amide bonds. The molecule has 2 aromatic heterocycles. The molecule has 3 heterocycles. The van der Waals surface area contributed by atoms with E-state index in [4.69, 9.17) is 11.6 Å². The molecule has 4 rings (SSSR count). The lowest BCUT2D eigenvalue weighted by Gasteiger charge is -2.37. The van der Waals surface area contributed by atoms with Crippen LogP contribution in [0.15, 0.2) is 42.9 Å². The minimum absolute atomic E-state index is 0.722. The maximum absolute atomic E-state index is 6.08. The van der Waals surface area contributed by atoms with Crippen molar-refractivity contribution in [2.75, 3.05) is 36.0 Å². The molecule has 0 bridgehead atoms. The van der Waals surface area contributed by atoms with Crippen molar-refractivity contribution in [1.82, 2.24) is 15.2 Å². The number of halogens is 1. The maximum atomic E-state index is 6.08. The van der Waals surface area contributed by atoms with Crippen molar-refractivity contribution in [3.63, 3.8) is 0 Å². The summed E-state index contributed by atoms with van der Waals surface area (Å²) in [5.41, 5.74) is 2.48. The zero-order chi connectivity index (χ0) is 16.5. The Labute approximate surface area is 145 Å². The topological polar surface area (TPSA) is 45.2 Å². The third-order valence-electron chi connectivity index (χ3n) is 4.51. The van der Waals surface area contributed by atoms with Crippen LogP contribution in [0.1, 0.15) is 5.56 Å². The van der Waals surface area contributed by atoms with Gasteiger partial charge in [0.1, 0.15) is 0 Å². The smallest absolute Gasteiger partial charge is 0.159 e. The molecule has 5 nitrogen and oxygen atoms in total. The molecule has 1 aliphatic heterocycles. The lowest BCUT2D eigenvalue weighted by Crippen LogP contribution is -2.47. The molecular formula is C18H18ClN5. The summed E-state index contributed by atoms with van der Waals surface area (Å²) in [5.74, 6) is 0.940. The normalized spacial score (nSPS) is 15.1. The summed E-state index contributed by atoms with van der Waals surface area (Å²) in [6.45, 7) is 5.85. The number of piperazine rings is 1. The Balaban J connectivity index is 1.57. The fraction of sp³-hybridized carbons (Fsp3) is 0.278. The molecule has 3 aromatic rings. The van der Waals surface area contributed by atoms with Crippen LogP contribution < -0.4 is 9.80 Å². The Morgan fingerprint density at radius 1 is 1.00 bits per heavy atom. The number of fused-ring (bicyclic) bond motifs is 1. The monoisotopic (exact) mass is 339 g/mol.